The lowest BCUT2D eigenvalue weighted by Crippen LogP contribution is -2.32. The average molecular weight is 145 g/mol. The van der Waals surface area contributed by atoms with E-state index in [0.29, 0.717) is 0 Å². The molecule has 2 aliphatic rings. The molecule has 1 fully saturated rings. The molecule has 0 aromatic rings. The van der Waals surface area contributed by atoms with E-state index in [1.54, 1.807) is 6.20 Å². The highest BCUT2D eigenvalue weighted by Crippen LogP contribution is 2.48. The molecule has 1 radical (unpaired) electrons. The molecule has 1 N–H and O–H groups in total. The van der Waals surface area contributed by atoms with Crippen molar-refractivity contribution in [2.45, 2.75) is 18.9 Å². The number of hydrogen-bond acceptors (Lipinski definition) is 2. The van der Waals surface area contributed by atoms with Crippen molar-refractivity contribution in [3.05, 3.63) is 24.4 Å². The third kappa shape index (κ3) is 0.932. The number of rotatable bonds is 1. The molecule has 0 bridgehead atoms. The Hall–Kier alpha value is -1.23. The van der Waals surface area contributed by atoms with Crippen molar-refractivity contribution < 1.29 is 0 Å². The second-order valence-corrected chi connectivity index (χ2v) is 3.08. The quantitative estimate of drug-likeness (QED) is 0.600. The molecule has 0 aromatic carbocycles. The van der Waals surface area contributed by atoms with Crippen molar-refractivity contribution in [2.24, 2.45) is 5.41 Å². The minimum Gasteiger partial charge on any atom is -0.383 e. The van der Waals surface area contributed by atoms with Crippen LogP contribution >= 0.6 is 0 Å². The molecule has 0 saturated heterocycles. The van der Waals surface area contributed by atoms with E-state index in [-0.39, 0.29) is 11.5 Å². The lowest BCUT2D eigenvalue weighted by molar-refractivity contribution is 0.515. The lowest BCUT2D eigenvalue weighted by Gasteiger charge is -2.19. The summed E-state index contributed by atoms with van der Waals surface area (Å²) < 4.78 is 0. The van der Waals surface area contributed by atoms with Crippen LogP contribution in [0.15, 0.2) is 18.4 Å². The van der Waals surface area contributed by atoms with E-state index < -0.39 is 0 Å². The molecule has 2 heteroatoms. The minimum atomic E-state index is -0.102. The zero-order valence-electron chi connectivity index (χ0n) is 6.17. The van der Waals surface area contributed by atoms with Crippen LogP contribution in [0.4, 0.5) is 0 Å². The first-order valence-electron chi connectivity index (χ1n) is 3.79. The fourth-order valence-corrected chi connectivity index (χ4v) is 1.36. The van der Waals surface area contributed by atoms with Gasteiger partial charge in [-0.1, -0.05) is 12.2 Å². The minimum absolute atomic E-state index is 0.102. The van der Waals surface area contributed by atoms with Gasteiger partial charge in [0.2, 0.25) is 0 Å². The molecule has 1 aliphatic heterocycles. The summed E-state index contributed by atoms with van der Waals surface area (Å²) in [7, 11) is 0. The molecular weight excluding hydrogens is 136 g/mol. The Kier molecular flexibility index (Phi) is 1.25. The van der Waals surface area contributed by atoms with Crippen LogP contribution in [0.2, 0.25) is 0 Å². The Balaban J connectivity index is 2.13. The molecule has 1 aliphatic carbocycles. The number of nitrogens with zero attached hydrogens (tertiary/aromatic N) is 1. The lowest BCUT2D eigenvalue weighted by atomic mass is 9.97. The number of dihydropyridines is 1. The first kappa shape index (κ1) is 6.48. The Morgan fingerprint density at radius 2 is 2.45 bits per heavy atom. The van der Waals surface area contributed by atoms with Gasteiger partial charge in [0.15, 0.2) is 0 Å². The van der Waals surface area contributed by atoms with Crippen LogP contribution in [-0.4, -0.2) is 6.04 Å². The standard InChI is InChI=1S/C9H9N2/c10-7-9(4-5-9)8-3-1-2-6-11-8/h1,3,6,8,11H,4-5H2. The van der Waals surface area contributed by atoms with Gasteiger partial charge in [0, 0.05) is 6.20 Å². The summed E-state index contributed by atoms with van der Waals surface area (Å²) in [6, 6.07) is 2.58. The second kappa shape index (κ2) is 2.13. The molecule has 0 spiro atoms. The van der Waals surface area contributed by atoms with Gasteiger partial charge in [0.25, 0.3) is 0 Å². The van der Waals surface area contributed by atoms with Crippen LogP contribution in [0.5, 0.6) is 0 Å². The monoisotopic (exact) mass is 145 g/mol. The van der Waals surface area contributed by atoms with Gasteiger partial charge in [-0.25, -0.2) is 0 Å². The van der Waals surface area contributed by atoms with Crippen LogP contribution in [0.1, 0.15) is 12.8 Å². The van der Waals surface area contributed by atoms with Crippen molar-refractivity contribution in [2.75, 3.05) is 0 Å². The molecule has 1 atom stereocenters. The molecular formula is C9H9N2. The molecule has 0 aromatic heterocycles. The van der Waals surface area contributed by atoms with Crippen molar-refractivity contribution in [3.8, 4) is 6.07 Å². The van der Waals surface area contributed by atoms with Crippen molar-refractivity contribution in [1.82, 2.24) is 5.32 Å². The van der Waals surface area contributed by atoms with Crippen LogP contribution in [0.3, 0.4) is 0 Å². The first-order chi connectivity index (χ1) is 5.37. The predicted molar refractivity (Wildman–Crippen MR) is 41.2 cm³/mol. The fourth-order valence-electron chi connectivity index (χ4n) is 1.36. The fraction of sp³-hybridized carbons (Fsp3) is 0.444. The second-order valence-electron chi connectivity index (χ2n) is 3.08. The largest absolute Gasteiger partial charge is 0.383 e. The Labute approximate surface area is 66.2 Å². The van der Waals surface area contributed by atoms with Gasteiger partial charge in [-0.15, -0.1) is 0 Å². The Morgan fingerprint density at radius 1 is 1.64 bits per heavy atom. The van der Waals surface area contributed by atoms with Gasteiger partial charge >= 0.3 is 0 Å². The maximum absolute atomic E-state index is 8.85. The molecule has 11 heavy (non-hydrogen) atoms. The van der Waals surface area contributed by atoms with Crippen molar-refractivity contribution in [3.63, 3.8) is 0 Å². The van der Waals surface area contributed by atoms with E-state index >= 15 is 0 Å². The van der Waals surface area contributed by atoms with Gasteiger partial charge in [-0.05, 0) is 18.9 Å². The van der Waals surface area contributed by atoms with Gasteiger partial charge in [0.05, 0.1) is 17.5 Å². The zero-order valence-corrected chi connectivity index (χ0v) is 6.17. The molecule has 2 nitrogen and oxygen atoms in total. The van der Waals surface area contributed by atoms with Gasteiger partial charge < -0.3 is 5.32 Å². The number of hydrogen-bond donors (Lipinski definition) is 1. The van der Waals surface area contributed by atoms with Gasteiger partial charge in [0.1, 0.15) is 0 Å². The first-order valence-corrected chi connectivity index (χ1v) is 3.79. The van der Waals surface area contributed by atoms with E-state index in [4.69, 9.17) is 5.26 Å². The molecule has 0 amide bonds. The highest BCUT2D eigenvalue weighted by molar-refractivity contribution is 5.24. The Bertz CT molecular complexity index is 253. The Morgan fingerprint density at radius 3 is 2.91 bits per heavy atom. The predicted octanol–water partition coefficient (Wildman–Crippen LogP) is 1.14. The molecule has 55 valence electrons. The summed E-state index contributed by atoms with van der Waals surface area (Å²) in [5.41, 5.74) is -0.102. The van der Waals surface area contributed by atoms with Gasteiger partial charge in [-0.2, -0.15) is 5.26 Å². The summed E-state index contributed by atoms with van der Waals surface area (Å²) >= 11 is 0. The van der Waals surface area contributed by atoms with Crippen molar-refractivity contribution in [1.29, 1.82) is 5.26 Å². The molecule has 1 unspecified atom stereocenters. The van der Waals surface area contributed by atoms with E-state index in [0.717, 1.165) is 12.8 Å². The third-order valence-corrected chi connectivity index (χ3v) is 2.34. The van der Waals surface area contributed by atoms with E-state index in [2.05, 4.69) is 17.5 Å². The summed E-state index contributed by atoms with van der Waals surface area (Å²) in [6.45, 7) is 0. The van der Waals surface area contributed by atoms with Crippen LogP contribution in [0, 0.1) is 22.8 Å². The number of nitrogens with one attached hydrogen (secondary N) is 1. The molecule has 1 heterocycles. The molecule has 1 saturated carbocycles. The average Bonchev–Trinajstić information content (AvgIpc) is 2.86. The summed E-state index contributed by atoms with van der Waals surface area (Å²) in [5.74, 6) is 0. The summed E-state index contributed by atoms with van der Waals surface area (Å²) in [6.07, 6.45) is 10.6. The maximum Gasteiger partial charge on any atom is 0.0811 e. The van der Waals surface area contributed by atoms with Crippen LogP contribution in [0.25, 0.3) is 0 Å². The summed E-state index contributed by atoms with van der Waals surface area (Å²) in [5, 5.41) is 12.0. The third-order valence-electron chi connectivity index (χ3n) is 2.34. The van der Waals surface area contributed by atoms with Gasteiger partial charge in [-0.3, -0.25) is 0 Å². The smallest absolute Gasteiger partial charge is 0.0811 e. The highest BCUT2D eigenvalue weighted by Gasteiger charge is 2.49. The number of allylic oxidation sites excluding steroid dienone is 2. The molecule has 2 rings (SSSR count). The van der Waals surface area contributed by atoms with Crippen LogP contribution < -0.4 is 5.32 Å². The van der Waals surface area contributed by atoms with Crippen molar-refractivity contribution >= 4 is 0 Å². The van der Waals surface area contributed by atoms with Crippen LogP contribution in [-0.2, 0) is 0 Å². The van der Waals surface area contributed by atoms with E-state index in [1.807, 2.05) is 12.2 Å². The van der Waals surface area contributed by atoms with E-state index in [1.165, 1.54) is 0 Å². The zero-order chi connectivity index (χ0) is 7.73. The van der Waals surface area contributed by atoms with E-state index in [9.17, 15) is 0 Å². The maximum atomic E-state index is 8.85. The normalized spacial score (nSPS) is 30.6. The number of nitriles is 1. The highest BCUT2D eigenvalue weighted by atomic mass is 14.9. The summed E-state index contributed by atoms with van der Waals surface area (Å²) in [4.78, 5) is 0. The SMILES string of the molecule is N#CC1(C2C=C[C]=CN2)CC1. The topological polar surface area (TPSA) is 35.8 Å².